The van der Waals surface area contributed by atoms with Gasteiger partial charge in [-0.15, -0.1) is 0 Å². The van der Waals surface area contributed by atoms with Gasteiger partial charge < -0.3 is 5.32 Å². The van der Waals surface area contributed by atoms with Gasteiger partial charge in [0.05, 0.1) is 0 Å². The van der Waals surface area contributed by atoms with E-state index in [4.69, 9.17) is 0 Å². The van der Waals surface area contributed by atoms with Crippen LogP contribution in [0.1, 0.15) is 22.3 Å². The van der Waals surface area contributed by atoms with Crippen LogP contribution in [0.4, 0.5) is 5.69 Å². The van der Waals surface area contributed by atoms with Crippen molar-refractivity contribution in [2.45, 2.75) is 6.42 Å². The second-order valence-electron chi connectivity index (χ2n) is 4.29. The maximum absolute atomic E-state index is 12.2. The molecule has 0 saturated heterocycles. The first kappa shape index (κ1) is 14.3. The summed E-state index contributed by atoms with van der Waals surface area (Å²) in [7, 11) is 0. The van der Waals surface area contributed by atoms with Crippen molar-refractivity contribution >= 4 is 30.0 Å². The summed E-state index contributed by atoms with van der Waals surface area (Å²) in [4.78, 5) is 23.6. The zero-order chi connectivity index (χ0) is 14.4. The molecule has 0 aliphatic heterocycles. The van der Waals surface area contributed by atoms with E-state index >= 15 is 0 Å². The number of ketones is 1. The molecule has 0 radical (unpaired) electrons. The number of carbonyl (C=O) groups excluding carboxylic acids is 2. The summed E-state index contributed by atoms with van der Waals surface area (Å²) in [6.07, 6.45) is 0.369. The molecule has 2 aromatic rings. The number of hydrogen-bond donors (Lipinski definition) is 2. The number of thiol groups is 1. The Bertz CT molecular complexity index is 594. The molecular formula is C16H15NO2S. The largest absolute Gasteiger partial charge is 0.326 e. The first-order chi connectivity index (χ1) is 9.70. The maximum Gasteiger partial charge on any atom is 0.225 e. The molecule has 1 N–H and O–H groups in total. The maximum atomic E-state index is 12.2. The molecule has 20 heavy (non-hydrogen) atoms. The Morgan fingerprint density at radius 3 is 2.10 bits per heavy atom. The summed E-state index contributed by atoms with van der Waals surface area (Å²) in [6.45, 7) is 0. The van der Waals surface area contributed by atoms with E-state index in [1.165, 1.54) is 0 Å². The van der Waals surface area contributed by atoms with Gasteiger partial charge in [-0.1, -0.05) is 30.3 Å². The molecule has 102 valence electrons. The molecule has 2 aromatic carbocycles. The lowest BCUT2D eigenvalue weighted by Crippen LogP contribution is -2.11. The highest BCUT2D eigenvalue weighted by molar-refractivity contribution is 7.80. The van der Waals surface area contributed by atoms with Gasteiger partial charge in [0.15, 0.2) is 5.78 Å². The summed E-state index contributed by atoms with van der Waals surface area (Å²) in [5.41, 5.74) is 1.93. The molecule has 0 fully saturated rings. The molecule has 0 aromatic heterocycles. The summed E-state index contributed by atoms with van der Waals surface area (Å²) >= 11 is 4.00. The Kier molecular flexibility index (Phi) is 4.96. The molecule has 4 heteroatoms. The summed E-state index contributed by atoms with van der Waals surface area (Å²) in [6, 6.07) is 16.0. The summed E-state index contributed by atoms with van der Waals surface area (Å²) in [5.74, 6) is 0.400. The van der Waals surface area contributed by atoms with Crippen molar-refractivity contribution in [2.24, 2.45) is 0 Å². The van der Waals surface area contributed by atoms with Gasteiger partial charge in [-0.2, -0.15) is 12.6 Å². The second-order valence-corrected chi connectivity index (χ2v) is 4.74. The lowest BCUT2D eigenvalue weighted by molar-refractivity contribution is -0.115. The molecular weight excluding hydrogens is 270 g/mol. The number of amides is 1. The third kappa shape index (κ3) is 3.71. The predicted molar refractivity (Wildman–Crippen MR) is 83.4 cm³/mol. The zero-order valence-electron chi connectivity index (χ0n) is 10.9. The van der Waals surface area contributed by atoms with E-state index in [0.717, 1.165) is 0 Å². The van der Waals surface area contributed by atoms with E-state index in [2.05, 4.69) is 17.9 Å². The van der Waals surface area contributed by atoms with Crippen molar-refractivity contribution in [1.29, 1.82) is 0 Å². The highest BCUT2D eigenvalue weighted by Crippen LogP contribution is 2.14. The lowest BCUT2D eigenvalue weighted by Gasteiger charge is -2.05. The van der Waals surface area contributed by atoms with Gasteiger partial charge in [0.25, 0.3) is 0 Å². The normalized spacial score (nSPS) is 10.1. The van der Waals surface area contributed by atoms with Crippen LogP contribution in [0, 0.1) is 0 Å². The fraction of sp³-hybridized carbons (Fsp3) is 0.125. The molecule has 0 unspecified atom stereocenters. The average Bonchev–Trinajstić information content (AvgIpc) is 2.48. The van der Waals surface area contributed by atoms with Crippen molar-refractivity contribution in [1.82, 2.24) is 0 Å². The number of benzene rings is 2. The average molecular weight is 285 g/mol. The van der Waals surface area contributed by atoms with Crippen molar-refractivity contribution in [2.75, 3.05) is 11.1 Å². The number of nitrogens with one attached hydrogen (secondary N) is 1. The van der Waals surface area contributed by atoms with E-state index in [-0.39, 0.29) is 11.7 Å². The van der Waals surface area contributed by atoms with Crippen LogP contribution in [-0.2, 0) is 4.79 Å². The second kappa shape index (κ2) is 6.91. The number of carbonyl (C=O) groups is 2. The fourth-order valence-corrected chi connectivity index (χ4v) is 1.99. The third-order valence-corrected chi connectivity index (χ3v) is 3.03. The van der Waals surface area contributed by atoms with Crippen LogP contribution in [0.2, 0.25) is 0 Å². The van der Waals surface area contributed by atoms with Gasteiger partial charge in [-0.3, -0.25) is 9.59 Å². The molecule has 0 atom stereocenters. The Hall–Kier alpha value is -2.07. The van der Waals surface area contributed by atoms with Crippen LogP contribution in [0.25, 0.3) is 0 Å². The molecule has 0 heterocycles. The van der Waals surface area contributed by atoms with Gasteiger partial charge in [0.2, 0.25) is 5.91 Å². The molecule has 0 bridgehead atoms. The van der Waals surface area contributed by atoms with Gasteiger partial charge >= 0.3 is 0 Å². The first-order valence-corrected chi connectivity index (χ1v) is 6.94. The van der Waals surface area contributed by atoms with Crippen LogP contribution in [0.3, 0.4) is 0 Å². The molecule has 0 saturated carbocycles. The highest BCUT2D eigenvalue weighted by Gasteiger charge is 2.08. The van der Waals surface area contributed by atoms with Gasteiger partial charge in [-0.25, -0.2) is 0 Å². The molecule has 1 amide bonds. The SMILES string of the molecule is O=C(CCS)Nc1ccc(C(=O)c2ccccc2)cc1. The topological polar surface area (TPSA) is 46.2 Å². The minimum atomic E-state index is -0.0814. The Morgan fingerprint density at radius 2 is 1.50 bits per heavy atom. The molecule has 0 spiro atoms. The van der Waals surface area contributed by atoms with E-state index in [9.17, 15) is 9.59 Å². The van der Waals surface area contributed by atoms with E-state index in [0.29, 0.717) is 29.0 Å². The smallest absolute Gasteiger partial charge is 0.225 e. The Labute approximate surface area is 123 Å². The monoisotopic (exact) mass is 285 g/mol. The fourth-order valence-electron chi connectivity index (χ4n) is 1.79. The standard InChI is InChI=1S/C16H15NO2S/c18-15(10-11-20)17-14-8-6-13(7-9-14)16(19)12-4-2-1-3-5-12/h1-9,20H,10-11H2,(H,17,18). The van der Waals surface area contributed by atoms with Crippen LogP contribution in [-0.4, -0.2) is 17.4 Å². The minimum absolute atomic E-state index is 0.0289. The van der Waals surface area contributed by atoms with Crippen LogP contribution >= 0.6 is 12.6 Å². The zero-order valence-corrected chi connectivity index (χ0v) is 11.8. The van der Waals surface area contributed by atoms with E-state index in [1.807, 2.05) is 18.2 Å². The number of anilines is 1. The quantitative estimate of drug-likeness (QED) is 0.654. The van der Waals surface area contributed by atoms with E-state index < -0.39 is 0 Å². The van der Waals surface area contributed by atoms with Gasteiger partial charge in [-0.05, 0) is 30.0 Å². The van der Waals surface area contributed by atoms with Crippen molar-refractivity contribution in [3.8, 4) is 0 Å². The Balaban J connectivity index is 2.08. The van der Waals surface area contributed by atoms with Gasteiger partial charge in [0, 0.05) is 23.2 Å². The lowest BCUT2D eigenvalue weighted by atomic mass is 10.0. The number of rotatable bonds is 5. The third-order valence-electron chi connectivity index (χ3n) is 2.81. The summed E-state index contributed by atoms with van der Waals surface area (Å²) < 4.78 is 0. The van der Waals surface area contributed by atoms with Gasteiger partial charge in [0.1, 0.15) is 0 Å². The molecule has 3 nitrogen and oxygen atoms in total. The van der Waals surface area contributed by atoms with Crippen molar-refractivity contribution < 1.29 is 9.59 Å². The Morgan fingerprint density at radius 1 is 0.900 bits per heavy atom. The van der Waals surface area contributed by atoms with Crippen LogP contribution in [0.15, 0.2) is 54.6 Å². The number of hydrogen-bond acceptors (Lipinski definition) is 3. The minimum Gasteiger partial charge on any atom is -0.326 e. The summed E-state index contributed by atoms with van der Waals surface area (Å²) in [5, 5.41) is 2.75. The van der Waals surface area contributed by atoms with Crippen molar-refractivity contribution in [3.05, 3.63) is 65.7 Å². The van der Waals surface area contributed by atoms with Crippen molar-refractivity contribution in [3.63, 3.8) is 0 Å². The van der Waals surface area contributed by atoms with Crippen LogP contribution < -0.4 is 5.32 Å². The highest BCUT2D eigenvalue weighted by atomic mass is 32.1. The van der Waals surface area contributed by atoms with Crippen LogP contribution in [0.5, 0.6) is 0 Å². The molecule has 0 aliphatic carbocycles. The molecule has 0 aliphatic rings. The van der Waals surface area contributed by atoms with E-state index in [1.54, 1.807) is 36.4 Å². The predicted octanol–water partition coefficient (Wildman–Crippen LogP) is 3.18. The first-order valence-electron chi connectivity index (χ1n) is 6.31. The molecule has 2 rings (SSSR count).